The number of ether oxygens (including phenoxy) is 3. The molecule has 2 aliphatic heterocycles. The monoisotopic (exact) mass is 441 g/mol. The summed E-state index contributed by atoms with van der Waals surface area (Å²) < 4.78 is 16.5. The van der Waals surface area contributed by atoms with Crippen LogP contribution in [-0.2, 0) is 19.0 Å². The zero-order chi connectivity index (χ0) is 23.6. The van der Waals surface area contributed by atoms with Gasteiger partial charge in [-0.1, -0.05) is 13.8 Å². The van der Waals surface area contributed by atoms with Crippen molar-refractivity contribution in [1.82, 2.24) is 9.80 Å². The predicted molar refractivity (Wildman–Crippen MR) is 115 cm³/mol. The molecule has 4 atom stereocenters. The first-order valence-electron chi connectivity index (χ1n) is 11.1. The highest BCUT2D eigenvalue weighted by Crippen LogP contribution is 2.27. The van der Waals surface area contributed by atoms with Crippen LogP contribution >= 0.6 is 0 Å². The van der Waals surface area contributed by atoms with E-state index in [0.717, 1.165) is 0 Å². The molecule has 31 heavy (non-hydrogen) atoms. The van der Waals surface area contributed by atoms with Crippen LogP contribution in [0.4, 0.5) is 9.59 Å². The molecular formula is C22H39N3O6. The number of hydrogen-bond donors (Lipinski definition) is 1. The molecule has 2 aliphatic rings. The largest absolute Gasteiger partial charge is 0.465 e. The highest BCUT2D eigenvalue weighted by Gasteiger charge is 2.40. The molecule has 178 valence electrons. The summed E-state index contributed by atoms with van der Waals surface area (Å²) in [5.74, 6) is -0.525. The summed E-state index contributed by atoms with van der Waals surface area (Å²) in [7, 11) is 0. The van der Waals surface area contributed by atoms with Gasteiger partial charge in [-0.25, -0.2) is 9.59 Å². The van der Waals surface area contributed by atoms with Gasteiger partial charge in [-0.3, -0.25) is 4.79 Å². The van der Waals surface area contributed by atoms with E-state index in [2.05, 4.69) is 0 Å². The summed E-state index contributed by atoms with van der Waals surface area (Å²) in [6.07, 6.45) is -0.441. The lowest BCUT2D eigenvalue weighted by atomic mass is 9.98. The molecule has 2 N–H and O–H groups in total. The number of nitrogens with two attached hydrogens (primary N) is 1. The molecule has 0 aromatic carbocycles. The van der Waals surface area contributed by atoms with Gasteiger partial charge in [-0.15, -0.1) is 0 Å². The van der Waals surface area contributed by atoms with E-state index in [9.17, 15) is 14.4 Å². The van der Waals surface area contributed by atoms with Crippen molar-refractivity contribution in [2.45, 2.75) is 72.1 Å². The van der Waals surface area contributed by atoms with E-state index in [4.69, 9.17) is 19.9 Å². The molecule has 9 heteroatoms. The van der Waals surface area contributed by atoms with Gasteiger partial charge in [0.2, 0.25) is 0 Å². The van der Waals surface area contributed by atoms with E-state index < -0.39 is 29.3 Å². The lowest BCUT2D eigenvalue weighted by Crippen LogP contribution is -2.39. The molecule has 2 amide bonds. The fraction of sp³-hybridized carbons (Fsp3) is 0.864. The molecule has 2 heterocycles. The van der Waals surface area contributed by atoms with Crippen molar-refractivity contribution in [3.05, 3.63) is 0 Å². The molecule has 0 spiro atoms. The second-order valence-corrected chi connectivity index (χ2v) is 10.6. The maximum absolute atomic E-state index is 12.6. The number of rotatable bonds is 5. The van der Waals surface area contributed by atoms with Gasteiger partial charge in [0.25, 0.3) is 0 Å². The molecule has 0 aliphatic carbocycles. The lowest BCUT2D eigenvalue weighted by Gasteiger charge is -2.28. The third-order valence-electron chi connectivity index (χ3n) is 5.81. The van der Waals surface area contributed by atoms with Gasteiger partial charge in [0, 0.05) is 38.6 Å². The number of hydrogen-bond acceptors (Lipinski definition) is 7. The summed E-state index contributed by atoms with van der Waals surface area (Å²) in [6, 6.07) is -0.0368. The van der Waals surface area contributed by atoms with Gasteiger partial charge in [-0.05, 0) is 46.5 Å². The van der Waals surface area contributed by atoms with Gasteiger partial charge in [-0.2, -0.15) is 0 Å². The Kier molecular flexibility index (Phi) is 7.84. The smallest absolute Gasteiger partial charge is 0.410 e. The van der Waals surface area contributed by atoms with Crippen LogP contribution < -0.4 is 5.73 Å². The Hall–Kier alpha value is -2.03. The minimum absolute atomic E-state index is 0.0211. The highest BCUT2D eigenvalue weighted by molar-refractivity contribution is 5.76. The molecule has 0 radical (unpaired) electrons. The summed E-state index contributed by atoms with van der Waals surface area (Å²) in [5.41, 5.74) is 4.61. The third kappa shape index (κ3) is 7.26. The number of carbonyl (C=O) groups is 3. The molecule has 0 bridgehead atoms. The van der Waals surface area contributed by atoms with Gasteiger partial charge < -0.3 is 29.7 Å². The van der Waals surface area contributed by atoms with E-state index in [1.54, 1.807) is 23.6 Å². The topological polar surface area (TPSA) is 111 Å². The van der Waals surface area contributed by atoms with Gasteiger partial charge in [0.05, 0.1) is 12.5 Å². The lowest BCUT2D eigenvalue weighted by molar-refractivity contribution is -0.150. The van der Waals surface area contributed by atoms with Gasteiger partial charge >= 0.3 is 18.2 Å². The molecule has 0 unspecified atom stereocenters. The van der Waals surface area contributed by atoms with Crippen LogP contribution in [0.25, 0.3) is 0 Å². The molecule has 0 aromatic heterocycles. The van der Waals surface area contributed by atoms with Gasteiger partial charge in [0.15, 0.2) is 0 Å². The maximum atomic E-state index is 12.6. The van der Waals surface area contributed by atoms with Crippen LogP contribution in [0.15, 0.2) is 0 Å². The van der Waals surface area contributed by atoms with Crippen molar-refractivity contribution in [3.63, 3.8) is 0 Å². The number of carbonyl (C=O) groups excluding carboxylic acids is 3. The van der Waals surface area contributed by atoms with E-state index in [1.165, 1.54) is 0 Å². The molecule has 9 nitrogen and oxygen atoms in total. The SMILES string of the molecule is C[C@@H]1CN(C(=O)OC(C)(C)CCOC(=O)[C@@H]2CN(C(=O)OC(C)(C)C)C[C@H]2C)C[C@H]1N. The van der Waals surface area contributed by atoms with Crippen molar-refractivity contribution < 1.29 is 28.6 Å². The Morgan fingerprint density at radius 1 is 0.871 bits per heavy atom. The normalized spacial score (nSPS) is 26.7. The van der Waals surface area contributed by atoms with Crippen molar-refractivity contribution in [1.29, 1.82) is 0 Å². The van der Waals surface area contributed by atoms with Crippen LogP contribution in [0.2, 0.25) is 0 Å². The van der Waals surface area contributed by atoms with E-state index in [0.29, 0.717) is 26.1 Å². The first-order chi connectivity index (χ1) is 14.2. The first kappa shape index (κ1) is 25.2. The zero-order valence-electron chi connectivity index (χ0n) is 20.0. The first-order valence-corrected chi connectivity index (χ1v) is 11.1. The fourth-order valence-corrected chi connectivity index (χ4v) is 3.75. The average Bonchev–Trinajstić information content (AvgIpc) is 3.16. The standard InChI is InChI=1S/C22H39N3O6/c1-14-10-24(19(27)30-21(3,4)5)12-16(14)18(26)29-9-8-22(6,7)31-20(28)25-11-15(2)17(23)13-25/h14-17H,8-13,23H2,1-7H3/t14-,15-,16-,17-/m1/s1. The van der Waals surface area contributed by atoms with E-state index >= 15 is 0 Å². The maximum Gasteiger partial charge on any atom is 0.410 e. The Morgan fingerprint density at radius 2 is 1.42 bits per heavy atom. The zero-order valence-corrected chi connectivity index (χ0v) is 20.0. The summed E-state index contributed by atoms with van der Waals surface area (Å²) in [5, 5.41) is 0. The molecule has 2 saturated heterocycles. The van der Waals surface area contributed by atoms with E-state index in [1.807, 2.05) is 34.6 Å². The number of likely N-dealkylation sites (tertiary alicyclic amines) is 2. The molecular weight excluding hydrogens is 402 g/mol. The van der Waals surface area contributed by atoms with Crippen molar-refractivity contribution >= 4 is 18.2 Å². The Bertz CT molecular complexity index is 665. The molecule has 0 aromatic rings. The Labute approximate surface area is 185 Å². The summed E-state index contributed by atoms with van der Waals surface area (Å²) >= 11 is 0. The minimum Gasteiger partial charge on any atom is -0.465 e. The quantitative estimate of drug-likeness (QED) is 0.515. The van der Waals surface area contributed by atoms with Crippen LogP contribution in [0, 0.1) is 17.8 Å². The number of nitrogens with zero attached hydrogens (tertiary/aromatic N) is 2. The van der Waals surface area contributed by atoms with Crippen LogP contribution in [0.3, 0.4) is 0 Å². The number of esters is 1. The van der Waals surface area contributed by atoms with Gasteiger partial charge in [0.1, 0.15) is 11.2 Å². The summed E-state index contributed by atoms with van der Waals surface area (Å²) in [4.78, 5) is 40.4. The Balaban J connectivity index is 1.77. The second kappa shape index (κ2) is 9.63. The van der Waals surface area contributed by atoms with Crippen molar-refractivity contribution in [3.8, 4) is 0 Å². The van der Waals surface area contributed by atoms with E-state index in [-0.39, 0.29) is 37.0 Å². The summed E-state index contributed by atoms with van der Waals surface area (Å²) in [6.45, 7) is 14.9. The number of amides is 2. The second-order valence-electron chi connectivity index (χ2n) is 10.6. The van der Waals surface area contributed by atoms with Crippen LogP contribution in [-0.4, -0.2) is 78.0 Å². The van der Waals surface area contributed by atoms with Crippen LogP contribution in [0.5, 0.6) is 0 Å². The third-order valence-corrected chi connectivity index (χ3v) is 5.81. The minimum atomic E-state index is -0.781. The van der Waals surface area contributed by atoms with Crippen LogP contribution in [0.1, 0.15) is 54.9 Å². The molecule has 2 fully saturated rings. The fourth-order valence-electron chi connectivity index (χ4n) is 3.75. The molecule has 0 saturated carbocycles. The molecule has 2 rings (SSSR count). The predicted octanol–water partition coefficient (Wildman–Crippen LogP) is 2.62. The van der Waals surface area contributed by atoms with Crippen molar-refractivity contribution in [2.75, 3.05) is 32.8 Å². The van der Waals surface area contributed by atoms with Crippen molar-refractivity contribution in [2.24, 2.45) is 23.5 Å². The average molecular weight is 442 g/mol. The Morgan fingerprint density at radius 3 is 1.97 bits per heavy atom. The highest BCUT2D eigenvalue weighted by atomic mass is 16.6.